The van der Waals surface area contributed by atoms with Gasteiger partial charge in [0.05, 0.1) is 6.20 Å². The van der Waals surface area contributed by atoms with Crippen LogP contribution in [-0.4, -0.2) is 109 Å². The van der Waals surface area contributed by atoms with E-state index in [4.69, 9.17) is 15.0 Å². The van der Waals surface area contributed by atoms with Gasteiger partial charge in [-0.2, -0.15) is 15.2 Å². The lowest BCUT2D eigenvalue weighted by Gasteiger charge is -2.34. The molecule has 0 bridgehead atoms. The number of hydrogen-bond acceptors (Lipinski definition) is 11. The number of thiazole rings is 1. The van der Waals surface area contributed by atoms with Gasteiger partial charge in [-0.15, -0.1) is 0 Å². The third-order valence-corrected chi connectivity index (χ3v) is 6.94. The van der Waals surface area contributed by atoms with E-state index in [-0.39, 0.29) is 12.0 Å². The minimum Gasteiger partial charge on any atom is -0.460 e. The molecule has 4 rings (SSSR count). The average Bonchev–Trinajstić information content (AvgIpc) is 3.32. The first-order valence-corrected chi connectivity index (χ1v) is 12.9. The monoisotopic (exact) mass is 511 g/mol. The molecule has 11 nitrogen and oxygen atoms in total. The molecule has 2 aliphatic heterocycles. The van der Waals surface area contributed by atoms with Crippen LogP contribution in [0.4, 0.5) is 16.8 Å². The van der Waals surface area contributed by atoms with E-state index in [9.17, 15) is 4.79 Å². The van der Waals surface area contributed by atoms with Crippen molar-refractivity contribution in [2.24, 2.45) is 0 Å². The Kier molecular flexibility index (Phi) is 8.69. The molecule has 0 aliphatic carbocycles. The van der Waals surface area contributed by atoms with E-state index >= 15 is 0 Å². The molecule has 2 aromatic heterocycles. The quantitative estimate of drug-likeness (QED) is 0.526. The molecule has 2 aliphatic rings. The van der Waals surface area contributed by atoms with Gasteiger partial charge in [0.15, 0.2) is 5.13 Å². The standard InChI is InChI=1S/C24H33N9O2S/c1-30(2)8-4-5-22(34)33-9-6-18(7-10-33)35-23-27-20(28-24-26-17-19(16-25)36-24)15-21(29-23)32-13-11-31(3)12-14-32/h4-5,15,17-18H,6-14H2,1-3H3,(H,26,27,28,29)/b5-4+. The van der Waals surface area contributed by atoms with Crippen molar-refractivity contribution in [1.29, 1.82) is 5.26 Å². The molecule has 36 heavy (non-hydrogen) atoms. The third-order valence-electron chi connectivity index (χ3n) is 6.13. The number of nitrogens with zero attached hydrogens (tertiary/aromatic N) is 8. The summed E-state index contributed by atoms with van der Waals surface area (Å²) in [5.74, 6) is 1.41. The molecule has 2 fully saturated rings. The fourth-order valence-corrected chi connectivity index (χ4v) is 4.65. The summed E-state index contributed by atoms with van der Waals surface area (Å²) in [6.45, 7) is 5.65. The van der Waals surface area contributed by atoms with Gasteiger partial charge in [0.2, 0.25) is 5.91 Å². The van der Waals surface area contributed by atoms with Gasteiger partial charge in [-0.05, 0) is 21.1 Å². The first kappa shape index (κ1) is 25.8. The van der Waals surface area contributed by atoms with Gasteiger partial charge in [0.25, 0.3) is 0 Å². The molecule has 2 saturated heterocycles. The van der Waals surface area contributed by atoms with Gasteiger partial charge in [0, 0.05) is 70.8 Å². The number of rotatable bonds is 8. The molecule has 0 unspecified atom stereocenters. The first-order chi connectivity index (χ1) is 17.4. The van der Waals surface area contributed by atoms with E-state index in [2.05, 4.69) is 38.2 Å². The fourth-order valence-electron chi connectivity index (χ4n) is 4.03. The van der Waals surface area contributed by atoms with Gasteiger partial charge >= 0.3 is 6.01 Å². The maximum absolute atomic E-state index is 12.4. The number of nitriles is 1. The largest absolute Gasteiger partial charge is 0.460 e. The van der Waals surface area contributed by atoms with Crippen LogP contribution in [0.25, 0.3) is 0 Å². The molecule has 1 N–H and O–H groups in total. The number of anilines is 3. The second-order valence-electron chi connectivity index (χ2n) is 9.26. The minimum atomic E-state index is -0.0690. The summed E-state index contributed by atoms with van der Waals surface area (Å²) in [5, 5.41) is 12.9. The summed E-state index contributed by atoms with van der Waals surface area (Å²) < 4.78 is 6.22. The molecule has 0 radical (unpaired) electrons. The highest BCUT2D eigenvalue weighted by molar-refractivity contribution is 7.16. The minimum absolute atomic E-state index is 0.0373. The SMILES string of the molecule is CN(C)C/C=C/C(=O)N1CCC(Oc2nc(Nc3ncc(C#N)s3)cc(N3CCN(C)CC3)n2)CC1. The number of ether oxygens (including phenoxy) is 1. The van der Waals surface area contributed by atoms with Crippen LogP contribution in [0.3, 0.4) is 0 Å². The molecular formula is C24H33N9O2S. The van der Waals surface area contributed by atoms with Crippen LogP contribution in [0.1, 0.15) is 17.7 Å². The number of carbonyl (C=O) groups is 1. The normalized spacial score (nSPS) is 17.5. The zero-order valence-corrected chi connectivity index (χ0v) is 21.9. The highest BCUT2D eigenvalue weighted by Gasteiger charge is 2.25. The second kappa shape index (κ2) is 12.1. The predicted molar refractivity (Wildman–Crippen MR) is 140 cm³/mol. The van der Waals surface area contributed by atoms with Crippen LogP contribution in [0.15, 0.2) is 24.4 Å². The maximum atomic E-state index is 12.4. The van der Waals surface area contributed by atoms with E-state index in [1.165, 1.54) is 17.5 Å². The summed E-state index contributed by atoms with van der Waals surface area (Å²) in [5.41, 5.74) is 0. The van der Waals surface area contributed by atoms with E-state index < -0.39 is 0 Å². The van der Waals surface area contributed by atoms with Crippen molar-refractivity contribution in [3.05, 3.63) is 29.3 Å². The van der Waals surface area contributed by atoms with E-state index in [1.54, 1.807) is 6.08 Å². The summed E-state index contributed by atoms with van der Waals surface area (Å²) >= 11 is 1.27. The lowest BCUT2D eigenvalue weighted by atomic mass is 10.1. The Morgan fingerprint density at radius 1 is 1.25 bits per heavy atom. The number of carbonyl (C=O) groups excluding carboxylic acids is 1. The van der Waals surface area contributed by atoms with Crippen LogP contribution in [0, 0.1) is 11.3 Å². The van der Waals surface area contributed by atoms with Crippen LogP contribution < -0.4 is 15.0 Å². The smallest absolute Gasteiger partial charge is 0.320 e. The van der Waals surface area contributed by atoms with Crippen molar-refractivity contribution < 1.29 is 9.53 Å². The Labute approximate surface area is 216 Å². The number of piperazine rings is 1. The molecule has 12 heteroatoms. The maximum Gasteiger partial charge on any atom is 0.320 e. The Hall–Kier alpha value is -3.27. The average molecular weight is 512 g/mol. The summed E-state index contributed by atoms with van der Waals surface area (Å²) in [6, 6.07) is 4.31. The van der Waals surface area contributed by atoms with Crippen molar-refractivity contribution in [2.75, 3.05) is 77.2 Å². The summed E-state index contributed by atoms with van der Waals surface area (Å²) in [7, 11) is 6.06. The zero-order valence-electron chi connectivity index (χ0n) is 21.1. The molecule has 0 atom stereocenters. The molecule has 192 valence electrons. The number of piperidine rings is 1. The van der Waals surface area contributed by atoms with Gasteiger partial charge in [-0.3, -0.25) is 4.79 Å². The number of likely N-dealkylation sites (tertiary alicyclic amines) is 1. The number of amides is 1. The van der Waals surface area contributed by atoms with Crippen molar-refractivity contribution in [1.82, 2.24) is 29.7 Å². The molecule has 4 heterocycles. The van der Waals surface area contributed by atoms with Gasteiger partial charge in [-0.1, -0.05) is 17.4 Å². The van der Waals surface area contributed by atoms with Crippen LogP contribution in [-0.2, 0) is 4.79 Å². The highest BCUT2D eigenvalue weighted by Crippen LogP contribution is 2.27. The van der Waals surface area contributed by atoms with E-state index in [1.807, 2.05) is 36.0 Å². The van der Waals surface area contributed by atoms with Crippen LogP contribution in [0.5, 0.6) is 6.01 Å². The number of nitrogens with one attached hydrogen (secondary N) is 1. The van der Waals surface area contributed by atoms with E-state index in [0.29, 0.717) is 34.9 Å². The lowest BCUT2D eigenvalue weighted by molar-refractivity contribution is -0.127. The molecule has 2 aromatic rings. The Morgan fingerprint density at radius 2 is 2.00 bits per heavy atom. The zero-order chi connectivity index (χ0) is 25.5. The van der Waals surface area contributed by atoms with Crippen molar-refractivity contribution in [3.63, 3.8) is 0 Å². The number of hydrogen-bond donors (Lipinski definition) is 1. The van der Waals surface area contributed by atoms with Gasteiger partial charge < -0.3 is 29.7 Å². The lowest BCUT2D eigenvalue weighted by Crippen LogP contribution is -2.45. The first-order valence-electron chi connectivity index (χ1n) is 12.1. The van der Waals surface area contributed by atoms with Gasteiger partial charge in [0.1, 0.15) is 28.7 Å². The van der Waals surface area contributed by atoms with Crippen LogP contribution >= 0.6 is 11.3 Å². The Balaban J connectivity index is 1.43. The molecule has 0 saturated carbocycles. The number of aromatic nitrogens is 3. The molecule has 0 aromatic carbocycles. The van der Waals surface area contributed by atoms with Crippen molar-refractivity contribution in [2.45, 2.75) is 18.9 Å². The predicted octanol–water partition coefficient (Wildman–Crippen LogP) is 1.79. The van der Waals surface area contributed by atoms with E-state index in [0.717, 1.165) is 51.4 Å². The molecule has 0 spiro atoms. The van der Waals surface area contributed by atoms with Crippen LogP contribution in [0.2, 0.25) is 0 Å². The molecular weight excluding hydrogens is 478 g/mol. The van der Waals surface area contributed by atoms with Crippen molar-refractivity contribution in [3.8, 4) is 12.1 Å². The molecule has 1 amide bonds. The summed E-state index contributed by atoms with van der Waals surface area (Å²) in [4.78, 5) is 34.9. The van der Waals surface area contributed by atoms with Crippen molar-refractivity contribution >= 4 is 34.0 Å². The highest BCUT2D eigenvalue weighted by atomic mass is 32.1. The Morgan fingerprint density at radius 3 is 2.67 bits per heavy atom. The summed E-state index contributed by atoms with van der Waals surface area (Å²) in [6.07, 6.45) is 6.45. The fraction of sp³-hybridized carbons (Fsp3) is 0.542. The van der Waals surface area contributed by atoms with Gasteiger partial charge in [-0.25, -0.2) is 4.98 Å². The Bertz CT molecular complexity index is 1100. The second-order valence-corrected chi connectivity index (χ2v) is 10.3. The topological polar surface area (TPSA) is 114 Å². The number of likely N-dealkylation sites (N-methyl/N-ethyl adjacent to an activating group) is 2. The third kappa shape index (κ3) is 7.13.